The molecule has 2 heterocycles. The number of nitriles is 1. The van der Waals surface area contributed by atoms with Crippen LogP contribution in [0.4, 0.5) is 8.78 Å². The summed E-state index contributed by atoms with van der Waals surface area (Å²) in [6, 6.07) is 3.35. The summed E-state index contributed by atoms with van der Waals surface area (Å²) in [6.45, 7) is 0. The van der Waals surface area contributed by atoms with Gasteiger partial charge in [-0.3, -0.25) is 4.68 Å². The van der Waals surface area contributed by atoms with Gasteiger partial charge in [-0.2, -0.15) is 10.4 Å². The number of thiophene rings is 1. The van der Waals surface area contributed by atoms with Crippen LogP contribution < -0.4 is 0 Å². The molecule has 128 valence electrons. The van der Waals surface area contributed by atoms with Gasteiger partial charge < -0.3 is 5.11 Å². The number of hydrogen-bond donors (Lipinski definition) is 1. The van der Waals surface area contributed by atoms with Crippen molar-refractivity contribution in [3.63, 3.8) is 0 Å². The Morgan fingerprint density at radius 3 is 2.75 bits per heavy atom. The molecule has 1 aliphatic carbocycles. The van der Waals surface area contributed by atoms with Crippen molar-refractivity contribution in [3.05, 3.63) is 22.9 Å². The number of aromatic nitrogens is 2. The van der Waals surface area contributed by atoms with Crippen LogP contribution in [-0.2, 0) is 23.3 Å². The second kappa shape index (κ2) is 5.34. The highest BCUT2D eigenvalue weighted by Crippen LogP contribution is 2.50. The molecule has 0 saturated carbocycles. The molecule has 0 unspecified atom stereocenters. The predicted octanol–water partition coefficient (Wildman–Crippen LogP) is 2.04. The van der Waals surface area contributed by atoms with Crippen molar-refractivity contribution < 1.29 is 22.3 Å². The van der Waals surface area contributed by atoms with Gasteiger partial charge in [0.1, 0.15) is 16.4 Å². The minimum atomic E-state index is -3.80. The number of nitrogens with zero attached hydrogens (tertiary/aromatic N) is 3. The van der Waals surface area contributed by atoms with Crippen LogP contribution in [0, 0.1) is 11.3 Å². The fourth-order valence-electron chi connectivity index (χ4n) is 2.84. The van der Waals surface area contributed by atoms with Gasteiger partial charge in [0.25, 0.3) is 5.92 Å². The monoisotopic (exact) mass is 373 g/mol. The van der Waals surface area contributed by atoms with E-state index in [1.54, 1.807) is 7.05 Å². The summed E-state index contributed by atoms with van der Waals surface area (Å²) in [6.07, 6.45) is -1.88. The van der Waals surface area contributed by atoms with Gasteiger partial charge in [0.15, 0.2) is 15.5 Å². The summed E-state index contributed by atoms with van der Waals surface area (Å²) < 4.78 is 53.0. The molecule has 0 radical (unpaired) electrons. The lowest BCUT2D eigenvalue weighted by molar-refractivity contribution is -0.122. The quantitative estimate of drug-likeness (QED) is 0.869. The van der Waals surface area contributed by atoms with E-state index in [0.29, 0.717) is 16.1 Å². The number of rotatable bonds is 2. The van der Waals surface area contributed by atoms with Crippen LogP contribution in [0.15, 0.2) is 10.3 Å². The molecule has 24 heavy (non-hydrogen) atoms. The van der Waals surface area contributed by atoms with E-state index in [1.807, 2.05) is 6.07 Å². The lowest BCUT2D eigenvalue weighted by atomic mass is 9.88. The van der Waals surface area contributed by atoms with Crippen molar-refractivity contribution in [1.82, 2.24) is 9.78 Å². The highest BCUT2D eigenvalue weighted by molar-refractivity contribution is 7.92. The van der Waals surface area contributed by atoms with Gasteiger partial charge in [-0.25, -0.2) is 17.2 Å². The molecule has 2 aromatic rings. The fraction of sp³-hybridized carbons (Fsp3) is 0.429. The first-order chi connectivity index (χ1) is 11.1. The molecule has 2 aromatic heterocycles. The lowest BCUT2D eigenvalue weighted by Gasteiger charge is -2.28. The Morgan fingerprint density at radius 1 is 1.54 bits per heavy atom. The van der Waals surface area contributed by atoms with Gasteiger partial charge >= 0.3 is 0 Å². The third-order valence-electron chi connectivity index (χ3n) is 3.96. The third-order valence-corrected chi connectivity index (χ3v) is 7.08. The highest BCUT2D eigenvalue weighted by atomic mass is 32.2. The van der Waals surface area contributed by atoms with Crippen molar-refractivity contribution in [1.29, 1.82) is 5.26 Å². The maximum absolute atomic E-state index is 13.9. The zero-order chi connectivity index (χ0) is 17.9. The number of hydrogen-bond acceptors (Lipinski definition) is 6. The average molecular weight is 373 g/mol. The predicted molar refractivity (Wildman–Crippen MR) is 82.6 cm³/mol. The fourth-order valence-corrected chi connectivity index (χ4v) is 5.49. The Balaban J connectivity index is 2.31. The molecule has 0 aromatic carbocycles. The lowest BCUT2D eigenvalue weighted by Crippen LogP contribution is -2.32. The number of aryl methyl sites for hydroxylation is 1. The Morgan fingerprint density at radius 2 is 2.21 bits per heavy atom. The van der Waals surface area contributed by atoms with Gasteiger partial charge in [-0.1, -0.05) is 0 Å². The van der Waals surface area contributed by atoms with E-state index >= 15 is 0 Å². The van der Waals surface area contributed by atoms with Gasteiger partial charge in [0.05, 0.1) is 10.6 Å². The molecular weight excluding hydrogens is 360 g/mol. The topological polar surface area (TPSA) is 96.0 Å². The smallest absolute Gasteiger partial charge is 0.277 e. The Hall–Kier alpha value is -1.83. The van der Waals surface area contributed by atoms with Crippen LogP contribution in [0.25, 0.3) is 10.6 Å². The maximum atomic E-state index is 13.9. The van der Waals surface area contributed by atoms with E-state index in [2.05, 4.69) is 5.10 Å². The van der Waals surface area contributed by atoms with Crippen LogP contribution in [0.3, 0.4) is 0 Å². The van der Waals surface area contributed by atoms with Crippen molar-refractivity contribution in [2.24, 2.45) is 7.05 Å². The first-order valence-electron chi connectivity index (χ1n) is 6.92. The Labute approximate surface area is 140 Å². The van der Waals surface area contributed by atoms with Gasteiger partial charge in [-0.15, -0.1) is 11.3 Å². The van der Waals surface area contributed by atoms with E-state index in [9.17, 15) is 22.3 Å². The van der Waals surface area contributed by atoms with Crippen molar-refractivity contribution in [2.75, 3.05) is 6.26 Å². The van der Waals surface area contributed by atoms with Crippen molar-refractivity contribution in [3.8, 4) is 16.6 Å². The number of sulfone groups is 1. The average Bonchev–Trinajstić information content (AvgIpc) is 3.03. The first-order valence-corrected chi connectivity index (χ1v) is 9.63. The summed E-state index contributed by atoms with van der Waals surface area (Å²) in [7, 11) is -2.22. The van der Waals surface area contributed by atoms with Gasteiger partial charge in [-0.05, 0) is 12.0 Å². The summed E-state index contributed by atoms with van der Waals surface area (Å²) in [5.74, 6) is -3.38. The SMILES string of the molecule is Cn1nc(C#N)cc1-c1sc(S(C)(=O)=O)c2c1CCC(F)(F)[C@H]2O. The normalized spacial score (nSPS) is 19.8. The van der Waals surface area contributed by atoms with Crippen molar-refractivity contribution in [2.45, 2.75) is 29.1 Å². The van der Waals surface area contributed by atoms with Crippen LogP contribution >= 0.6 is 11.3 Å². The van der Waals surface area contributed by atoms with Crippen LogP contribution in [0.5, 0.6) is 0 Å². The maximum Gasteiger partial charge on any atom is 0.277 e. The molecular formula is C14H13F2N3O3S2. The zero-order valence-electron chi connectivity index (χ0n) is 12.7. The minimum Gasteiger partial charge on any atom is -0.382 e. The van der Waals surface area contributed by atoms with Gasteiger partial charge in [0, 0.05) is 31.4 Å². The van der Waals surface area contributed by atoms with E-state index in [0.717, 1.165) is 17.6 Å². The zero-order valence-corrected chi connectivity index (χ0v) is 14.4. The van der Waals surface area contributed by atoms with E-state index < -0.39 is 28.3 Å². The number of alkyl halides is 2. The highest BCUT2D eigenvalue weighted by Gasteiger charge is 2.47. The number of aliphatic hydroxyl groups is 1. The summed E-state index contributed by atoms with van der Waals surface area (Å²) in [4.78, 5) is 0.441. The molecule has 6 nitrogen and oxygen atoms in total. The molecule has 10 heteroatoms. The molecule has 0 amide bonds. The van der Waals surface area contributed by atoms with E-state index in [1.165, 1.54) is 10.7 Å². The number of fused-ring (bicyclic) bond motifs is 1. The summed E-state index contributed by atoms with van der Waals surface area (Å²) in [5.41, 5.74) is 0.747. The molecule has 0 aliphatic heterocycles. The second-order valence-corrected chi connectivity index (χ2v) is 8.93. The third kappa shape index (κ3) is 2.53. The van der Waals surface area contributed by atoms with E-state index in [-0.39, 0.29) is 21.9 Å². The molecule has 0 bridgehead atoms. The molecule has 1 N–H and O–H groups in total. The van der Waals surface area contributed by atoms with Crippen LogP contribution in [0.2, 0.25) is 0 Å². The molecule has 0 saturated heterocycles. The summed E-state index contributed by atoms with van der Waals surface area (Å²) in [5, 5.41) is 23.0. The molecule has 1 atom stereocenters. The molecule has 0 fully saturated rings. The molecule has 0 spiro atoms. The van der Waals surface area contributed by atoms with E-state index in [4.69, 9.17) is 5.26 Å². The number of aliphatic hydroxyl groups excluding tert-OH is 1. The molecule has 1 aliphatic rings. The minimum absolute atomic E-state index is 0.0617. The Kier molecular flexibility index (Phi) is 3.78. The number of halogens is 2. The molecule has 3 rings (SSSR count). The van der Waals surface area contributed by atoms with Crippen LogP contribution in [-0.4, -0.2) is 35.5 Å². The van der Waals surface area contributed by atoms with Gasteiger partial charge in [0.2, 0.25) is 0 Å². The first kappa shape index (κ1) is 17.0. The standard InChI is InChI=1S/C14H13F2N3O3S2/c1-19-9(5-7(6-17)18-19)11-8-3-4-14(15,16)12(20)10(8)13(23-11)24(2,21)22/h5,12,20H,3-4H2,1-2H3/t12-/m0/s1. The van der Waals surface area contributed by atoms with Crippen LogP contribution in [0.1, 0.15) is 29.3 Å². The summed E-state index contributed by atoms with van der Waals surface area (Å²) >= 11 is 0.826. The second-order valence-electron chi connectivity index (χ2n) is 5.70. The largest absolute Gasteiger partial charge is 0.382 e. The van der Waals surface area contributed by atoms with Crippen molar-refractivity contribution >= 4 is 21.2 Å². The Bertz CT molecular complexity index is 970.